The second kappa shape index (κ2) is 7.46. The van der Waals surface area contributed by atoms with Crippen LogP contribution in [0.5, 0.6) is 17.2 Å². The standard InChI is InChI=1S/C18H20BrNO5S/c1-23-16-5-4-14(10-15(16)19)26(21,22)20-7-6-12-8-17(24-2)18(25-3)9-13(12)11-20/h4-5,8-10H,6-7,11H2,1-3H3. The molecule has 0 amide bonds. The molecular weight excluding hydrogens is 422 g/mol. The first-order chi connectivity index (χ1) is 12.4. The van der Waals surface area contributed by atoms with Gasteiger partial charge in [-0.05, 0) is 63.8 Å². The average Bonchev–Trinajstić information content (AvgIpc) is 2.66. The molecule has 1 heterocycles. The summed E-state index contributed by atoms with van der Waals surface area (Å²) in [7, 11) is 1.08. The summed E-state index contributed by atoms with van der Waals surface area (Å²) in [5, 5.41) is 0. The Labute approximate surface area is 161 Å². The minimum absolute atomic E-state index is 0.231. The number of ether oxygens (including phenoxy) is 3. The SMILES string of the molecule is COc1ccc(S(=O)(=O)N2CCc3cc(OC)c(OC)cc3C2)cc1Br. The molecule has 0 unspecified atom stereocenters. The van der Waals surface area contributed by atoms with Gasteiger partial charge in [0.25, 0.3) is 0 Å². The first kappa shape index (κ1) is 19.0. The van der Waals surface area contributed by atoms with Gasteiger partial charge in [0.15, 0.2) is 11.5 Å². The van der Waals surface area contributed by atoms with E-state index in [4.69, 9.17) is 14.2 Å². The van der Waals surface area contributed by atoms with E-state index in [0.29, 0.717) is 41.2 Å². The van der Waals surface area contributed by atoms with E-state index >= 15 is 0 Å². The van der Waals surface area contributed by atoms with Crippen LogP contribution in [0.4, 0.5) is 0 Å². The zero-order valence-corrected chi connectivity index (χ0v) is 17.2. The van der Waals surface area contributed by atoms with Crippen LogP contribution in [0.15, 0.2) is 39.7 Å². The number of benzene rings is 2. The zero-order chi connectivity index (χ0) is 18.9. The molecule has 0 saturated heterocycles. The van der Waals surface area contributed by atoms with Crippen molar-refractivity contribution in [3.05, 3.63) is 45.9 Å². The highest BCUT2D eigenvalue weighted by atomic mass is 79.9. The molecule has 0 aromatic heterocycles. The van der Waals surface area contributed by atoms with Crippen LogP contribution in [0.2, 0.25) is 0 Å². The minimum Gasteiger partial charge on any atom is -0.496 e. The van der Waals surface area contributed by atoms with Crippen LogP contribution in [-0.4, -0.2) is 40.6 Å². The van der Waals surface area contributed by atoms with Crippen LogP contribution in [0.25, 0.3) is 0 Å². The first-order valence-electron chi connectivity index (χ1n) is 7.98. The lowest BCUT2D eigenvalue weighted by molar-refractivity contribution is 0.348. The number of halogens is 1. The van der Waals surface area contributed by atoms with Crippen LogP contribution < -0.4 is 14.2 Å². The predicted molar refractivity (Wildman–Crippen MR) is 102 cm³/mol. The number of nitrogens with zero attached hydrogens (tertiary/aromatic N) is 1. The molecule has 0 spiro atoms. The van der Waals surface area contributed by atoms with Gasteiger partial charge < -0.3 is 14.2 Å². The highest BCUT2D eigenvalue weighted by Crippen LogP contribution is 2.35. The van der Waals surface area contributed by atoms with E-state index in [9.17, 15) is 8.42 Å². The average molecular weight is 442 g/mol. The summed E-state index contributed by atoms with van der Waals surface area (Å²) >= 11 is 3.35. The Morgan fingerprint density at radius 3 is 2.12 bits per heavy atom. The number of sulfonamides is 1. The van der Waals surface area contributed by atoms with Crippen molar-refractivity contribution in [1.29, 1.82) is 0 Å². The Kier molecular flexibility index (Phi) is 5.45. The van der Waals surface area contributed by atoms with Crippen LogP contribution in [0, 0.1) is 0 Å². The molecule has 0 radical (unpaired) electrons. The minimum atomic E-state index is -3.61. The Bertz CT molecular complexity index is 929. The van der Waals surface area contributed by atoms with E-state index in [-0.39, 0.29) is 4.90 Å². The fourth-order valence-corrected chi connectivity index (χ4v) is 5.16. The normalized spacial score (nSPS) is 14.6. The molecule has 26 heavy (non-hydrogen) atoms. The third-order valence-electron chi connectivity index (χ3n) is 4.44. The molecule has 0 bridgehead atoms. The number of methoxy groups -OCH3 is 3. The maximum Gasteiger partial charge on any atom is 0.243 e. The molecular formula is C18H20BrNO5S. The summed E-state index contributed by atoms with van der Waals surface area (Å²) in [6, 6.07) is 8.53. The second-order valence-corrected chi connectivity index (χ2v) is 8.65. The lowest BCUT2D eigenvalue weighted by Gasteiger charge is -2.29. The first-order valence-corrected chi connectivity index (χ1v) is 10.2. The summed E-state index contributed by atoms with van der Waals surface area (Å²) in [4.78, 5) is 0.231. The maximum atomic E-state index is 13.0. The van der Waals surface area contributed by atoms with Gasteiger partial charge >= 0.3 is 0 Å². The van der Waals surface area contributed by atoms with Gasteiger partial charge in [-0.3, -0.25) is 0 Å². The molecule has 8 heteroatoms. The molecule has 1 aliphatic heterocycles. The van der Waals surface area contributed by atoms with Crippen molar-refractivity contribution in [2.24, 2.45) is 0 Å². The molecule has 2 aromatic rings. The van der Waals surface area contributed by atoms with E-state index < -0.39 is 10.0 Å². The van der Waals surface area contributed by atoms with E-state index in [1.807, 2.05) is 12.1 Å². The number of hydrogen-bond donors (Lipinski definition) is 0. The Morgan fingerprint density at radius 1 is 0.923 bits per heavy atom. The highest BCUT2D eigenvalue weighted by Gasteiger charge is 2.29. The van der Waals surface area contributed by atoms with Crippen LogP contribution in [0.1, 0.15) is 11.1 Å². The third kappa shape index (κ3) is 3.41. The Hall–Kier alpha value is -1.77. The molecule has 0 N–H and O–H groups in total. The number of rotatable bonds is 5. The van der Waals surface area contributed by atoms with Gasteiger partial charge in [-0.25, -0.2) is 8.42 Å². The summed E-state index contributed by atoms with van der Waals surface area (Å²) < 4.78 is 44.0. The zero-order valence-electron chi connectivity index (χ0n) is 14.8. The molecule has 1 aliphatic rings. The largest absolute Gasteiger partial charge is 0.496 e. The molecule has 0 fully saturated rings. The molecule has 140 valence electrons. The van der Waals surface area contributed by atoms with Crippen molar-refractivity contribution in [3.8, 4) is 17.2 Å². The van der Waals surface area contributed by atoms with Crippen molar-refractivity contribution in [2.75, 3.05) is 27.9 Å². The van der Waals surface area contributed by atoms with Gasteiger partial charge in [0, 0.05) is 13.1 Å². The fourth-order valence-electron chi connectivity index (χ4n) is 3.02. The van der Waals surface area contributed by atoms with Gasteiger partial charge in [0.1, 0.15) is 5.75 Å². The van der Waals surface area contributed by atoms with E-state index in [0.717, 1.165) is 11.1 Å². The van der Waals surface area contributed by atoms with Gasteiger partial charge in [-0.15, -0.1) is 0 Å². The highest BCUT2D eigenvalue weighted by molar-refractivity contribution is 9.10. The van der Waals surface area contributed by atoms with Gasteiger partial charge in [0.2, 0.25) is 10.0 Å². The van der Waals surface area contributed by atoms with E-state index in [2.05, 4.69) is 15.9 Å². The second-order valence-electron chi connectivity index (χ2n) is 5.86. The fraction of sp³-hybridized carbons (Fsp3) is 0.333. The molecule has 6 nitrogen and oxygen atoms in total. The van der Waals surface area contributed by atoms with Crippen molar-refractivity contribution < 1.29 is 22.6 Å². The summed E-state index contributed by atoms with van der Waals surface area (Å²) in [5.41, 5.74) is 2.00. The third-order valence-corrected chi connectivity index (χ3v) is 6.90. The molecule has 3 rings (SSSR count). The van der Waals surface area contributed by atoms with Crippen molar-refractivity contribution in [3.63, 3.8) is 0 Å². The topological polar surface area (TPSA) is 65.1 Å². The van der Waals surface area contributed by atoms with Crippen LogP contribution >= 0.6 is 15.9 Å². The van der Waals surface area contributed by atoms with E-state index in [1.54, 1.807) is 32.4 Å². The van der Waals surface area contributed by atoms with Crippen molar-refractivity contribution >= 4 is 26.0 Å². The van der Waals surface area contributed by atoms with Crippen molar-refractivity contribution in [1.82, 2.24) is 4.31 Å². The smallest absolute Gasteiger partial charge is 0.243 e. The summed E-state index contributed by atoms with van der Waals surface area (Å²) in [6.45, 7) is 0.704. The lowest BCUT2D eigenvalue weighted by atomic mass is 10.0. The molecule has 0 atom stereocenters. The summed E-state index contributed by atoms with van der Waals surface area (Å²) in [5.74, 6) is 1.84. The maximum absolute atomic E-state index is 13.0. The van der Waals surface area contributed by atoms with Gasteiger partial charge in [-0.1, -0.05) is 0 Å². The quantitative estimate of drug-likeness (QED) is 0.712. The van der Waals surface area contributed by atoms with Gasteiger partial charge in [0.05, 0.1) is 30.7 Å². The molecule has 0 aliphatic carbocycles. The Balaban J connectivity index is 1.93. The van der Waals surface area contributed by atoms with E-state index in [1.165, 1.54) is 11.4 Å². The Morgan fingerprint density at radius 2 is 1.54 bits per heavy atom. The molecule has 2 aromatic carbocycles. The number of fused-ring (bicyclic) bond motifs is 1. The monoisotopic (exact) mass is 441 g/mol. The molecule has 0 saturated carbocycles. The van der Waals surface area contributed by atoms with Crippen LogP contribution in [-0.2, 0) is 23.0 Å². The van der Waals surface area contributed by atoms with Crippen molar-refractivity contribution in [2.45, 2.75) is 17.9 Å². The summed E-state index contributed by atoms with van der Waals surface area (Å²) in [6.07, 6.45) is 0.617. The van der Waals surface area contributed by atoms with Crippen LogP contribution in [0.3, 0.4) is 0 Å². The number of hydrogen-bond acceptors (Lipinski definition) is 5. The van der Waals surface area contributed by atoms with Gasteiger partial charge in [-0.2, -0.15) is 4.31 Å². The lowest BCUT2D eigenvalue weighted by Crippen LogP contribution is -2.36. The predicted octanol–water partition coefficient (Wildman–Crippen LogP) is 3.22.